The van der Waals surface area contributed by atoms with E-state index in [1.54, 1.807) is 0 Å². The molecule has 0 bridgehead atoms. The molecular weight excluding hydrogens is 1350 g/mol. The van der Waals surface area contributed by atoms with Crippen molar-refractivity contribution in [3.63, 3.8) is 0 Å². The van der Waals surface area contributed by atoms with E-state index in [1.807, 2.05) is 0 Å². The van der Waals surface area contributed by atoms with Crippen LogP contribution in [0, 0.1) is 23.7 Å². The molecule has 0 fully saturated rings. The second-order valence-electron chi connectivity index (χ2n) is 32.0. The first kappa shape index (κ1) is 102. The summed E-state index contributed by atoms with van der Waals surface area (Å²) in [4.78, 5) is 73.1. The van der Waals surface area contributed by atoms with Crippen LogP contribution in [0.2, 0.25) is 0 Å². The molecule has 0 aliphatic heterocycles. The number of carbonyl (C=O) groups is 4. The Morgan fingerprint density at radius 2 is 0.462 bits per heavy atom. The molecule has 0 saturated carbocycles. The van der Waals surface area contributed by atoms with E-state index in [0.29, 0.717) is 31.6 Å². The second kappa shape index (κ2) is 73.8. The lowest BCUT2D eigenvalue weighted by Crippen LogP contribution is -2.30. The van der Waals surface area contributed by atoms with Crippen LogP contribution in [-0.4, -0.2) is 96.7 Å². The Bertz CT molecular complexity index is 2030. The Morgan fingerprint density at radius 1 is 0.269 bits per heavy atom. The van der Waals surface area contributed by atoms with E-state index in [1.165, 1.54) is 238 Å². The SMILES string of the molecule is CCC(C)CCCCCCCCCCCCCCCCCCCCC(=O)OC[C@H](COP(=O)(O)OC[C@@H](O)COP(=O)(O)OC[C@@H](COC(=O)CCCCCCCCC(C)CC)OC(=O)CCCCCCCCCCCCCCCCCCCCC(C)C)OC(=O)CCCCCCCCCCC(C)C. The highest BCUT2D eigenvalue weighted by atomic mass is 31.2. The van der Waals surface area contributed by atoms with Crippen molar-refractivity contribution < 1.29 is 80.2 Å². The highest BCUT2D eigenvalue weighted by molar-refractivity contribution is 7.47. The van der Waals surface area contributed by atoms with Crippen LogP contribution < -0.4 is 0 Å². The Balaban J connectivity index is 5.13. The fourth-order valence-corrected chi connectivity index (χ4v) is 14.7. The number of phosphoric acid groups is 2. The Hall–Kier alpha value is -1.94. The first-order valence-corrected chi connectivity index (χ1v) is 46.8. The lowest BCUT2D eigenvalue weighted by atomic mass is 9.99. The van der Waals surface area contributed by atoms with E-state index in [2.05, 4.69) is 55.4 Å². The predicted molar refractivity (Wildman–Crippen MR) is 428 cm³/mol. The third-order valence-electron chi connectivity index (χ3n) is 20.5. The summed E-state index contributed by atoms with van der Waals surface area (Å²) in [7, 11) is -9.92. The molecule has 4 unspecified atom stereocenters. The van der Waals surface area contributed by atoms with Crippen molar-refractivity contribution in [1.82, 2.24) is 0 Å². The predicted octanol–water partition coefficient (Wildman–Crippen LogP) is 25.6. The molecule has 0 aromatic carbocycles. The number of esters is 4. The highest BCUT2D eigenvalue weighted by Gasteiger charge is 2.30. The molecule has 19 heteroatoms. The maximum Gasteiger partial charge on any atom is 0.472 e. The van der Waals surface area contributed by atoms with Gasteiger partial charge >= 0.3 is 39.5 Å². The van der Waals surface area contributed by atoms with Crippen LogP contribution in [0.25, 0.3) is 0 Å². The third kappa shape index (κ3) is 75.5. The number of hydrogen-bond acceptors (Lipinski definition) is 15. The number of aliphatic hydroxyl groups excluding tert-OH is 1. The summed E-state index contributed by atoms with van der Waals surface area (Å²) in [5.41, 5.74) is 0. The van der Waals surface area contributed by atoms with Crippen LogP contribution in [0.1, 0.15) is 441 Å². The van der Waals surface area contributed by atoms with Gasteiger partial charge in [0, 0.05) is 25.7 Å². The molecule has 0 spiro atoms. The first-order chi connectivity index (χ1) is 50.2. The average Bonchev–Trinajstić information content (AvgIpc) is 0.911. The lowest BCUT2D eigenvalue weighted by Gasteiger charge is -2.21. The normalized spacial score (nSPS) is 14.5. The quantitative estimate of drug-likeness (QED) is 0.0222. The fourth-order valence-electron chi connectivity index (χ4n) is 13.1. The van der Waals surface area contributed by atoms with Crippen LogP contribution in [0.4, 0.5) is 0 Å². The molecule has 0 rings (SSSR count). The van der Waals surface area contributed by atoms with Gasteiger partial charge in [0.15, 0.2) is 12.2 Å². The van der Waals surface area contributed by atoms with Gasteiger partial charge in [0.2, 0.25) is 0 Å². The zero-order valence-electron chi connectivity index (χ0n) is 68.7. The molecule has 618 valence electrons. The smallest absolute Gasteiger partial charge is 0.462 e. The average molecular weight is 1520 g/mol. The van der Waals surface area contributed by atoms with E-state index in [0.717, 1.165) is 114 Å². The number of hydrogen-bond donors (Lipinski definition) is 3. The molecule has 3 N–H and O–H groups in total. The summed E-state index contributed by atoms with van der Waals surface area (Å²) in [6.45, 7) is 14.3. The number of carbonyl (C=O) groups excluding carboxylic acids is 4. The minimum Gasteiger partial charge on any atom is -0.462 e. The van der Waals surface area contributed by atoms with Crippen LogP contribution in [0.5, 0.6) is 0 Å². The van der Waals surface area contributed by atoms with Gasteiger partial charge < -0.3 is 33.8 Å². The van der Waals surface area contributed by atoms with Gasteiger partial charge in [0.1, 0.15) is 19.3 Å². The zero-order valence-corrected chi connectivity index (χ0v) is 70.5. The van der Waals surface area contributed by atoms with E-state index in [4.69, 9.17) is 37.0 Å². The Labute approximate surface area is 638 Å². The van der Waals surface area contributed by atoms with Crippen molar-refractivity contribution in [3.05, 3.63) is 0 Å². The number of ether oxygens (including phenoxy) is 4. The van der Waals surface area contributed by atoms with Gasteiger partial charge in [-0.15, -0.1) is 0 Å². The van der Waals surface area contributed by atoms with Gasteiger partial charge in [0.25, 0.3) is 0 Å². The number of aliphatic hydroxyl groups is 1. The summed E-state index contributed by atoms with van der Waals surface area (Å²) in [5.74, 6) is 1.03. The molecule has 7 atom stereocenters. The van der Waals surface area contributed by atoms with Gasteiger partial charge in [-0.25, -0.2) is 9.13 Å². The summed E-state index contributed by atoms with van der Waals surface area (Å²) < 4.78 is 68.8. The number of unbranched alkanes of at least 4 members (excludes halogenated alkanes) is 46. The molecule has 17 nitrogen and oxygen atoms in total. The zero-order chi connectivity index (χ0) is 76.7. The summed E-state index contributed by atoms with van der Waals surface area (Å²) >= 11 is 0. The topological polar surface area (TPSA) is 237 Å². The molecule has 0 heterocycles. The minimum atomic E-state index is -4.96. The fraction of sp³-hybridized carbons (Fsp3) is 0.953. The summed E-state index contributed by atoms with van der Waals surface area (Å²) in [5, 5.41) is 10.7. The second-order valence-corrected chi connectivity index (χ2v) is 34.9. The third-order valence-corrected chi connectivity index (χ3v) is 22.4. The van der Waals surface area contributed by atoms with Crippen molar-refractivity contribution >= 4 is 39.5 Å². The Morgan fingerprint density at radius 3 is 0.683 bits per heavy atom. The van der Waals surface area contributed by atoms with Crippen LogP contribution >= 0.6 is 15.6 Å². The van der Waals surface area contributed by atoms with Crippen molar-refractivity contribution in [3.8, 4) is 0 Å². The monoisotopic (exact) mass is 1520 g/mol. The van der Waals surface area contributed by atoms with Gasteiger partial charge in [-0.3, -0.25) is 37.3 Å². The molecule has 0 aliphatic rings. The van der Waals surface area contributed by atoms with Gasteiger partial charge in [-0.1, -0.05) is 389 Å². The molecular formula is C85H166O17P2. The molecule has 0 aromatic rings. The molecule has 0 aromatic heterocycles. The van der Waals surface area contributed by atoms with Gasteiger partial charge in [-0.05, 0) is 49.4 Å². The molecule has 0 saturated heterocycles. The molecule has 0 aliphatic carbocycles. The van der Waals surface area contributed by atoms with Gasteiger partial charge in [-0.2, -0.15) is 0 Å². The number of phosphoric ester groups is 2. The van der Waals surface area contributed by atoms with E-state index in [9.17, 15) is 43.2 Å². The minimum absolute atomic E-state index is 0.105. The van der Waals surface area contributed by atoms with E-state index >= 15 is 0 Å². The van der Waals surface area contributed by atoms with Crippen LogP contribution in [-0.2, 0) is 65.4 Å². The molecule has 0 amide bonds. The molecule has 104 heavy (non-hydrogen) atoms. The lowest BCUT2D eigenvalue weighted by molar-refractivity contribution is -0.161. The summed E-state index contributed by atoms with van der Waals surface area (Å²) in [6.07, 6.45) is 62.7. The van der Waals surface area contributed by atoms with Crippen LogP contribution in [0.15, 0.2) is 0 Å². The maximum atomic E-state index is 13.1. The number of rotatable bonds is 82. The van der Waals surface area contributed by atoms with Crippen molar-refractivity contribution in [1.29, 1.82) is 0 Å². The standard InChI is InChI=1S/C85H166O17P2/c1-9-77(7)63-55-47-39-32-28-24-20-16-12-14-17-21-25-29-33-40-49-57-65-82(87)95-71-80(102-85(90)68-60-52-42-36-35-38-46-54-62-76(5)6)73-99-103(91,92)97-69-79(86)70-98-104(93,94)100-74-81(72-96-83(88)66-58-50-44-43-48-56-64-78(8)10-2)101-84(89)67-59-51-41-34-30-26-22-18-13-11-15-19-23-27-31-37-45-53-61-75(3)4/h75-81,86H,9-74H2,1-8H3,(H,91,92)(H,93,94)/t77?,78?,79-,80-,81-/m1/s1. The van der Waals surface area contributed by atoms with Crippen molar-refractivity contribution in [2.75, 3.05) is 39.6 Å². The van der Waals surface area contributed by atoms with Crippen molar-refractivity contribution in [2.45, 2.75) is 459 Å². The van der Waals surface area contributed by atoms with Gasteiger partial charge in [0.05, 0.1) is 26.4 Å². The maximum absolute atomic E-state index is 13.1. The van der Waals surface area contributed by atoms with Crippen LogP contribution in [0.3, 0.4) is 0 Å². The van der Waals surface area contributed by atoms with E-state index < -0.39 is 97.5 Å². The largest absolute Gasteiger partial charge is 0.472 e. The highest BCUT2D eigenvalue weighted by Crippen LogP contribution is 2.45. The van der Waals surface area contributed by atoms with Crippen molar-refractivity contribution in [2.24, 2.45) is 23.7 Å². The Kier molecular flexibility index (Phi) is 72.5. The van der Waals surface area contributed by atoms with E-state index in [-0.39, 0.29) is 25.7 Å². The first-order valence-electron chi connectivity index (χ1n) is 43.8. The molecule has 0 radical (unpaired) electrons. The summed E-state index contributed by atoms with van der Waals surface area (Å²) in [6, 6.07) is 0.